The van der Waals surface area contributed by atoms with E-state index in [1.165, 1.54) is 18.9 Å². The number of nitrogens with one attached hydrogen (secondary N) is 1. The second kappa shape index (κ2) is 9.62. The number of esters is 1. The van der Waals surface area contributed by atoms with Gasteiger partial charge in [-0.2, -0.15) is 0 Å². The van der Waals surface area contributed by atoms with Gasteiger partial charge in [0, 0.05) is 24.6 Å². The minimum Gasteiger partial charge on any atom is -0.466 e. The van der Waals surface area contributed by atoms with E-state index in [4.69, 9.17) is 4.74 Å². The van der Waals surface area contributed by atoms with Gasteiger partial charge in [0.1, 0.15) is 0 Å². The van der Waals surface area contributed by atoms with Gasteiger partial charge in [0.15, 0.2) is 5.17 Å². The van der Waals surface area contributed by atoms with Crippen LogP contribution in [0, 0.1) is 13.8 Å². The molecule has 7 nitrogen and oxygen atoms in total. The van der Waals surface area contributed by atoms with Gasteiger partial charge in [-0.3, -0.25) is 9.78 Å². The number of allylic oxidation sites excluding steroid dienone is 1. The van der Waals surface area contributed by atoms with Crippen LogP contribution in [0.3, 0.4) is 0 Å². The third-order valence-electron chi connectivity index (χ3n) is 5.68. The zero-order valence-corrected chi connectivity index (χ0v) is 19.9. The number of aromatic nitrogens is 1. The molecule has 1 aromatic heterocycles. The van der Waals surface area contributed by atoms with Crippen LogP contribution in [0.5, 0.6) is 0 Å². The minimum absolute atomic E-state index is 0.114. The molecule has 33 heavy (non-hydrogen) atoms. The molecule has 2 aromatic rings. The molecular formula is C25H26N4O3S. The molecule has 0 aliphatic carbocycles. The van der Waals surface area contributed by atoms with E-state index in [1.807, 2.05) is 55.3 Å². The number of hydrogen-bond acceptors (Lipinski definition) is 7. The van der Waals surface area contributed by atoms with Crippen LogP contribution in [0.25, 0.3) is 0 Å². The van der Waals surface area contributed by atoms with Gasteiger partial charge in [0.25, 0.3) is 0 Å². The molecule has 0 saturated heterocycles. The highest BCUT2D eigenvalue weighted by atomic mass is 32.2. The minimum atomic E-state index is -0.419. The summed E-state index contributed by atoms with van der Waals surface area (Å²) < 4.78 is 5.12. The van der Waals surface area contributed by atoms with Crippen molar-refractivity contribution in [3.05, 3.63) is 87.4 Å². The predicted octanol–water partition coefficient (Wildman–Crippen LogP) is 4.15. The molecule has 1 aromatic carbocycles. The van der Waals surface area contributed by atoms with Crippen molar-refractivity contribution in [3.8, 4) is 0 Å². The van der Waals surface area contributed by atoms with Crippen molar-refractivity contribution < 1.29 is 14.3 Å². The predicted molar refractivity (Wildman–Crippen MR) is 129 cm³/mol. The van der Waals surface area contributed by atoms with E-state index in [0.717, 1.165) is 33.1 Å². The topological polar surface area (TPSA) is 83.9 Å². The summed E-state index contributed by atoms with van der Waals surface area (Å²) >= 11 is 1.46. The van der Waals surface area contributed by atoms with Gasteiger partial charge < -0.3 is 15.0 Å². The van der Waals surface area contributed by atoms with Gasteiger partial charge in [-0.1, -0.05) is 41.6 Å². The Balaban J connectivity index is 1.64. The lowest BCUT2D eigenvalue weighted by molar-refractivity contribution is -0.136. The Kier molecular flexibility index (Phi) is 6.65. The van der Waals surface area contributed by atoms with Crippen LogP contribution in [-0.4, -0.2) is 34.0 Å². The number of ether oxygens (including phenoxy) is 1. The number of amides is 1. The van der Waals surface area contributed by atoms with Crippen molar-refractivity contribution in [1.29, 1.82) is 0 Å². The first kappa shape index (κ1) is 22.8. The molecule has 1 atom stereocenters. The summed E-state index contributed by atoms with van der Waals surface area (Å²) in [7, 11) is 1.38. The summed E-state index contributed by atoms with van der Waals surface area (Å²) in [6, 6.07) is 9.50. The van der Waals surface area contributed by atoms with Gasteiger partial charge in [-0.05, 0) is 48.9 Å². The number of hydrogen-bond donors (Lipinski definition) is 1. The van der Waals surface area contributed by atoms with Crippen LogP contribution in [0.4, 0.5) is 0 Å². The zero-order valence-electron chi connectivity index (χ0n) is 19.1. The highest BCUT2D eigenvalue weighted by Crippen LogP contribution is 2.45. The normalized spacial score (nSPS) is 17.3. The number of nitrogens with zero attached hydrogens (tertiary/aromatic N) is 3. The average molecular weight is 463 g/mol. The highest BCUT2D eigenvalue weighted by Gasteiger charge is 2.41. The number of fused-ring (bicyclic) bond motifs is 1. The fourth-order valence-electron chi connectivity index (χ4n) is 4.10. The van der Waals surface area contributed by atoms with Crippen LogP contribution in [0.1, 0.15) is 41.6 Å². The smallest absolute Gasteiger partial charge is 0.338 e. The first-order valence-electron chi connectivity index (χ1n) is 10.6. The van der Waals surface area contributed by atoms with E-state index >= 15 is 0 Å². The van der Waals surface area contributed by atoms with Crippen molar-refractivity contribution in [2.75, 3.05) is 7.11 Å². The lowest BCUT2D eigenvalue weighted by Gasteiger charge is -2.37. The van der Waals surface area contributed by atoms with E-state index in [0.29, 0.717) is 17.8 Å². The monoisotopic (exact) mass is 462 g/mol. The van der Waals surface area contributed by atoms with Gasteiger partial charge in [0.05, 0.1) is 30.8 Å². The number of benzene rings is 1. The van der Waals surface area contributed by atoms with E-state index in [9.17, 15) is 9.59 Å². The number of thioether (sulfide) groups is 1. The lowest BCUT2D eigenvalue weighted by atomic mass is 9.90. The van der Waals surface area contributed by atoms with Gasteiger partial charge in [-0.25, -0.2) is 9.79 Å². The number of aryl methyl sites for hydroxylation is 2. The second-order valence-corrected chi connectivity index (χ2v) is 8.90. The molecular weight excluding hydrogens is 436 g/mol. The third-order valence-corrected chi connectivity index (χ3v) is 6.57. The third kappa shape index (κ3) is 4.71. The molecule has 1 N–H and O–H groups in total. The Hall–Kier alpha value is -3.39. The summed E-state index contributed by atoms with van der Waals surface area (Å²) in [6.45, 7) is 6.30. The van der Waals surface area contributed by atoms with E-state index in [1.54, 1.807) is 12.4 Å². The molecule has 170 valence electrons. The molecule has 0 saturated carbocycles. The Bertz CT molecular complexity index is 1190. The lowest BCUT2D eigenvalue weighted by Crippen LogP contribution is -2.38. The molecule has 2 aliphatic rings. The molecule has 1 unspecified atom stereocenters. The van der Waals surface area contributed by atoms with Crippen molar-refractivity contribution in [1.82, 2.24) is 15.2 Å². The molecule has 0 spiro atoms. The van der Waals surface area contributed by atoms with Crippen LogP contribution in [-0.2, 0) is 20.9 Å². The summed E-state index contributed by atoms with van der Waals surface area (Å²) in [5, 5.41) is 5.64. The standard InChI is InChI=1S/C25H26N4O3S/c1-15-7-8-20(16(2)10-15)23-22(24(31)32-4)17(3)28-25-29(23)19(14-33-25)11-21(30)27-13-18-6-5-9-26-12-18/h5-10,12,14,23H,11,13H2,1-4H3,(H,27,30). The Morgan fingerprint density at radius 2 is 2.03 bits per heavy atom. The summed E-state index contributed by atoms with van der Waals surface area (Å²) in [6.07, 6.45) is 3.60. The number of methoxy groups -OCH3 is 1. The van der Waals surface area contributed by atoms with Gasteiger partial charge in [-0.15, -0.1) is 0 Å². The van der Waals surface area contributed by atoms with Crippen LogP contribution >= 0.6 is 11.8 Å². The fourth-order valence-corrected chi connectivity index (χ4v) is 5.06. The highest BCUT2D eigenvalue weighted by molar-refractivity contribution is 8.16. The Labute approximate surface area is 197 Å². The number of rotatable bonds is 6. The van der Waals surface area contributed by atoms with Crippen molar-refractivity contribution in [2.24, 2.45) is 4.99 Å². The molecule has 3 heterocycles. The van der Waals surface area contributed by atoms with Crippen molar-refractivity contribution in [2.45, 2.75) is 39.8 Å². The number of pyridine rings is 1. The summed E-state index contributed by atoms with van der Waals surface area (Å²) in [4.78, 5) is 36.3. The van der Waals surface area contributed by atoms with Gasteiger partial charge >= 0.3 is 5.97 Å². The second-order valence-electron chi connectivity index (χ2n) is 8.06. The molecule has 1 amide bonds. The van der Waals surface area contributed by atoms with Crippen LogP contribution in [0.15, 0.2) is 70.1 Å². The van der Waals surface area contributed by atoms with Crippen LogP contribution < -0.4 is 5.32 Å². The zero-order chi connectivity index (χ0) is 23.5. The molecule has 2 aliphatic heterocycles. The van der Waals surface area contributed by atoms with Crippen molar-refractivity contribution >= 4 is 28.8 Å². The first-order chi connectivity index (χ1) is 15.9. The maximum Gasteiger partial charge on any atom is 0.338 e. The number of aliphatic imine (C=N–C) groups is 1. The molecule has 8 heteroatoms. The van der Waals surface area contributed by atoms with Gasteiger partial charge in [0.2, 0.25) is 5.91 Å². The quantitative estimate of drug-likeness (QED) is 0.649. The van der Waals surface area contributed by atoms with E-state index < -0.39 is 12.0 Å². The molecule has 0 fully saturated rings. The Morgan fingerprint density at radius 1 is 1.21 bits per heavy atom. The maximum absolute atomic E-state index is 12.8. The molecule has 0 bridgehead atoms. The molecule has 0 radical (unpaired) electrons. The summed E-state index contributed by atoms with van der Waals surface area (Å²) in [5.41, 5.74) is 6.02. The van der Waals surface area contributed by atoms with E-state index in [2.05, 4.69) is 21.4 Å². The number of carbonyl (C=O) groups is 2. The molecule has 4 rings (SSSR count). The number of carbonyl (C=O) groups excluding carboxylic acids is 2. The summed E-state index contributed by atoms with van der Waals surface area (Å²) in [5.74, 6) is -0.533. The number of amidine groups is 1. The average Bonchev–Trinajstić information content (AvgIpc) is 3.19. The van der Waals surface area contributed by atoms with E-state index in [-0.39, 0.29) is 12.3 Å². The fraction of sp³-hybridized carbons (Fsp3) is 0.280. The SMILES string of the molecule is COC(=O)C1=C(C)N=C2SC=C(CC(=O)NCc3cccnc3)N2C1c1ccc(C)cc1C. The van der Waals surface area contributed by atoms with Crippen LogP contribution in [0.2, 0.25) is 0 Å². The largest absolute Gasteiger partial charge is 0.466 e. The maximum atomic E-state index is 12.8. The Morgan fingerprint density at radius 3 is 2.73 bits per heavy atom. The first-order valence-corrected chi connectivity index (χ1v) is 11.5. The van der Waals surface area contributed by atoms with Crippen molar-refractivity contribution in [3.63, 3.8) is 0 Å².